The quantitative estimate of drug-likeness (QED) is 0.815. The summed E-state index contributed by atoms with van der Waals surface area (Å²) in [6.45, 7) is 1.56. The lowest BCUT2D eigenvalue weighted by Crippen LogP contribution is -2.57. The van der Waals surface area contributed by atoms with E-state index in [1.807, 2.05) is 0 Å². The Morgan fingerprint density at radius 2 is 2.05 bits per heavy atom. The third kappa shape index (κ3) is 2.49. The van der Waals surface area contributed by atoms with E-state index in [2.05, 4.69) is 10.2 Å². The van der Waals surface area contributed by atoms with Gasteiger partial charge in [0.25, 0.3) is 0 Å². The number of hydrogen-bond donors (Lipinski definition) is 1. The molecule has 20 heavy (non-hydrogen) atoms. The predicted octanol–water partition coefficient (Wildman–Crippen LogP) is 0.462. The zero-order valence-corrected chi connectivity index (χ0v) is 11.2. The van der Waals surface area contributed by atoms with Crippen molar-refractivity contribution in [3.63, 3.8) is 0 Å². The van der Waals surface area contributed by atoms with E-state index in [-0.39, 0.29) is 13.1 Å². The summed E-state index contributed by atoms with van der Waals surface area (Å²) in [5.74, 6) is -0.843. The number of alkyl halides is 3. The fourth-order valence-corrected chi connectivity index (χ4v) is 2.46. The zero-order valence-electron chi connectivity index (χ0n) is 11.2. The van der Waals surface area contributed by atoms with Crippen LogP contribution in [0.2, 0.25) is 0 Å². The van der Waals surface area contributed by atoms with Gasteiger partial charge in [0.2, 0.25) is 0 Å². The van der Waals surface area contributed by atoms with Gasteiger partial charge in [-0.1, -0.05) is 0 Å². The van der Waals surface area contributed by atoms with E-state index in [1.54, 1.807) is 18.5 Å². The highest BCUT2D eigenvalue weighted by atomic mass is 19.4. The molecule has 1 aromatic heterocycles. The summed E-state index contributed by atoms with van der Waals surface area (Å²) in [7, 11) is 1.70. The number of nitrogens with zero attached hydrogens (tertiary/aromatic N) is 4. The van der Waals surface area contributed by atoms with E-state index < -0.39 is 17.6 Å². The summed E-state index contributed by atoms with van der Waals surface area (Å²) in [4.78, 5) is 12.1. The normalized spacial score (nSPS) is 24.0. The number of piperidine rings is 1. The van der Waals surface area contributed by atoms with Crippen LogP contribution in [0.4, 0.5) is 13.2 Å². The number of rotatable bonds is 1. The standard InChI is InChI=1S/C11H16F3N5O/c1-7-16-17-8(18(7)2)10(15)4-3-5-19(6-10)9(20)11(12,13)14/h3-6,15H2,1-2H3. The molecule has 1 aliphatic rings. The number of carbonyl (C=O) groups is 1. The largest absolute Gasteiger partial charge is 0.471 e. The van der Waals surface area contributed by atoms with Crippen molar-refractivity contribution < 1.29 is 18.0 Å². The van der Waals surface area contributed by atoms with Gasteiger partial charge in [0.1, 0.15) is 5.82 Å². The van der Waals surface area contributed by atoms with Gasteiger partial charge in [-0.25, -0.2) is 0 Å². The first kappa shape index (κ1) is 14.8. The smallest absolute Gasteiger partial charge is 0.333 e. The zero-order chi connectivity index (χ0) is 15.1. The topological polar surface area (TPSA) is 77.0 Å². The molecule has 112 valence electrons. The van der Waals surface area contributed by atoms with E-state index in [9.17, 15) is 18.0 Å². The first-order valence-electron chi connectivity index (χ1n) is 6.16. The van der Waals surface area contributed by atoms with Crippen LogP contribution >= 0.6 is 0 Å². The van der Waals surface area contributed by atoms with Crippen molar-refractivity contribution >= 4 is 5.91 Å². The Kier molecular flexibility index (Phi) is 3.49. The van der Waals surface area contributed by atoms with Gasteiger partial charge in [0.05, 0.1) is 5.54 Å². The number of likely N-dealkylation sites (tertiary alicyclic amines) is 1. The summed E-state index contributed by atoms with van der Waals surface area (Å²) in [5, 5.41) is 7.80. The van der Waals surface area contributed by atoms with Crippen LogP contribution in [-0.4, -0.2) is 44.8 Å². The van der Waals surface area contributed by atoms with Gasteiger partial charge >= 0.3 is 12.1 Å². The van der Waals surface area contributed by atoms with Gasteiger partial charge in [-0.3, -0.25) is 4.79 Å². The van der Waals surface area contributed by atoms with Gasteiger partial charge < -0.3 is 15.2 Å². The van der Waals surface area contributed by atoms with Crippen molar-refractivity contribution in [2.45, 2.75) is 31.5 Å². The molecule has 0 radical (unpaired) electrons. The molecule has 9 heteroatoms. The minimum atomic E-state index is -4.88. The van der Waals surface area contributed by atoms with Crippen molar-refractivity contribution in [2.75, 3.05) is 13.1 Å². The third-order valence-electron chi connectivity index (χ3n) is 3.59. The molecule has 0 aromatic carbocycles. The molecule has 1 unspecified atom stereocenters. The van der Waals surface area contributed by atoms with Gasteiger partial charge in [-0.15, -0.1) is 10.2 Å². The molecule has 0 bridgehead atoms. The molecule has 0 saturated carbocycles. The van der Waals surface area contributed by atoms with Crippen LogP contribution in [0.5, 0.6) is 0 Å². The van der Waals surface area contributed by atoms with Gasteiger partial charge in [0, 0.05) is 20.1 Å². The number of amides is 1. The Labute approximate surface area is 113 Å². The highest BCUT2D eigenvalue weighted by Crippen LogP contribution is 2.30. The van der Waals surface area contributed by atoms with Crippen LogP contribution < -0.4 is 5.73 Å². The van der Waals surface area contributed by atoms with Crippen molar-refractivity contribution in [1.29, 1.82) is 0 Å². The van der Waals surface area contributed by atoms with E-state index in [0.717, 1.165) is 4.90 Å². The summed E-state index contributed by atoms with van der Waals surface area (Å²) in [5.41, 5.74) is 5.08. The Morgan fingerprint density at radius 1 is 1.40 bits per heavy atom. The molecule has 2 heterocycles. The molecule has 1 aromatic rings. The van der Waals surface area contributed by atoms with Crippen LogP contribution in [0.1, 0.15) is 24.5 Å². The van der Waals surface area contributed by atoms with E-state index in [1.165, 1.54) is 0 Å². The number of hydrogen-bond acceptors (Lipinski definition) is 4. The Morgan fingerprint density at radius 3 is 2.55 bits per heavy atom. The fraction of sp³-hybridized carbons (Fsp3) is 0.727. The Balaban J connectivity index is 2.26. The van der Waals surface area contributed by atoms with Gasteiger partial charge in [-0.05, 0) is 19.8 Å². The second-order valence-electron chi connectivity index (χ2n) is 5.11. The van der Waals surface area contributed by atoms with Crippen molar-refractivity contribution in [3.05, 3.63) is 11.6 Å². The molecule has 2 N–H and O–H groups in total. The molecular weight excluding hydrogens is 275 g/mol. The highest BCUT2D eigenvalue weighted by Gasteiger charge is 2.47. The lowest BCUT2D eigenvalue weighted by Gasteiger charge is -2.39. The Hall–Kier alpha value is -1.64. The number of carbonyl (C=O) groups excluding carboxylic acids is 1. The average molecular weight is 291 g/mol. The van der Waals surface area contributed by atoms with Crippen LogP contribution in [0, 0.1) is 6.92 Å². The summed E-state index contributed by atoms with van der Waals surface area (Å²) < 4.78 is 39.2. The lowest BCUT2D eigenvalue weighted by atomic mass is 9.89. The average Bonchev–Trinajstić information content (AvgIpc) is 2.68. The molecule has 2 rings (SSSR count). The minimum absolute atomic E-state index is 0.0497. The first-order chi connectivity index (χ1) is 9.15. The molecule has 6 nitrogen and oxygen atoms in total. The number of aryl methyl sites for hydroxylation is 1. The molecule has 1 fully saturated rings. The van der Waals surface area contributed by atoms with Crippen molar-refractivity contribution in [3.8, 4) is 0 Å². The summed E-state index contributed by atoms with van der Waals surface area (Å²) in [6, 6.07) is 0. The highest BCUT2D eigenvalue weighted by molar-refractivity contribution is 5.82. The monoisotopic (exact) mass is 291 g/mol. The number of aromatic nitrogens is 3. The summed E-state index contributed by atoms with van der Waals surface area (Å²) in [6.07, 6.45) is -4.03. The van der Waals surface area contributed by atoms with Crippen LogP contribution in [-0.2, 0) is 17.4 Å². The third-order valence-corrected chi connectivity index (χ3v) is 3.59. The first-order valence-corrected chi connectivity index (χ1v) is 6.16. The predicted molar refractivity (Wildman–Crippen MR) is 63.5 cm³/mol. The molecule has 1 amide bonds. The van der Waals surface area contributed by atoms with E-state index in [0.29, 0.717) is 24.5 Å². The molecule has 0 spiro atoms. The molecule has 0 aliphatic carbocycles. The maximum atomic E-state index is 12.5. The Bertz CT molecular complexity index is 527. The van der Waals surface area contributed by atoms with Crippen LogP contribution in [0.25, 0.3) is 0 Å². The second-order valence-corrected chi connectivity index (χ2v) is 5.11. The maximum Gasteiger partial charge on any atom is 0.471 e. The van der Waals surface area contributed by atoms with E-state index >= 15 is 0 Å². The van der Waals surface area contributed by atoms with Crippen LogP contribution in [0.15, 0.2) is 0 Å². The van der Waals surface area contributed by atoms with Crippen molar-refractivity contribution in [2.24, 2.45) is 12.8 Å². The SMILES string of the molecule is Cc1nnc(C2(N)CCCN(C(=O)C(F)(F)F)C2)n1C. The minimum Gasteiger partial charge on any atom is -0.333 e. The molecule has 1 saturated heterocycles. The van der Waals surface area contributed by atoms with Crippen molar-refractivity contribution in [1.82, 2.24) is 19.7 Å². The summed E-state index contributed by atoms with van der Waals surface area (Å²) >= 11 is 0. The second kappa shape index (κ2) is 4.72. The molecular formula is C11H16F3N5O. The fourth-order valence-electron chi connectivity index (χ4n) is 2.46. The maximum absolute atomic E-state index is 12.5. The van der Waals surface area contributed by atoms with Crippen LogP contribution in [0.3, 0.4) is 0 Å². The number of nitrogens with two attached hydrogens (primary N) is 1. The van der Waals surface area contributed by atoms with Gasteiger partial charge in [0.15, 0.2) is 5.82 Å². The molecule has 1 atom stereocenters. The van der Waals surface area contributed by atoms with E-state index in [4.69, 9.17) is 5.73 Å². The van der Waals surface area contributed by atoms with Gasteiger partial charge in [-0.2, -0.15) is 13.2 Å². The number of halogens is 3. The lowest BCUT2D eigenvalue weighted by molar-refractivity contribution is -0.187. The molecule has 1 aliphatic heterocycles.